The lowest BCUT2D eigenvalue weighted by molar-refractivity contribution is -0.162. The maximum atomic E-state index is 12.3. The zero-order valence-electron chi connectivity index (χ0n) is 15.5. The Morgan fingerprint density at radius 1 is 1.08 bits per heavy atom. The van der Waals surface area contributed by atoms with Crippen molar-refractivity contribution in [2.24, 2.45) is 11.8 Å². The van der Waals surface area contributed by atoms with Gasteiger partial charge in [-0.1, -0.05) is 44.2 Å². The van der Waals surface area contributed by atoms with Crippen LogP contribution in [0.3, 0.4) is 0 Å². The molecule has 0 saturated carbocycles. The molecule has 1 rings (SSSR count). The van der Waals surface area contributed by atoms with Gasteiger partial charge in [0.05, 0.1) is 18.9 Å². The summed E-state index contributed by atoms with van der Waals surface area (Å²) >= 11 is 0. The Bertz CT molecular complexity index is 514. The first-order chi connectivity index (χ1) is 11.2. The smallest absolute Gasteiger partial charge is 0.309 e. The minimum Gasteiger partial charge on any atom is -0.465 e. The van der Waals surface area contributed by atoms with E-state index in [1.807, 2.05) is 65.0 Å². The lowest BCUT2D eigenvalue weighted by atomic mass is 9.94. The lowest BCUT2D eigenvalue weighted by Crippen LogP contribution is -2.29. The molecule has 0 saturated heterocycles. The molecular formula is C20H30O4. The van der Waals surface area contributed by atoms with Crippen LogP contribution in [0, 0.1) is 11.8 Å². The summed E-state index contributed by atoms with van der Waals surface area (Å²) < 4.78 is 10.7. The molecule has 1 atom stereocenters. The van der Waals surface area contributed by atoms with Gasteiger partial charge in [0.25, 0.3) is 0 Å². The van der Waals surface area contributed by atoms with Crippen molar-refractivity contribution in [1.29, 1.82) is 0 Å². The Morgan fingerprint density at radius 3 is 2.25 bits per heavy atom. The molecule has 0 unspecified atom stereocenters. The van der Waals surface area contributed by atoms with Crippen LogP contribution in [-0.2, 0) is 25.5 Å². The van der Waals surface area contributed by atoms with Crippen molar-refractivity contribution in [2.45, 2.75) is 59.5 Å². The molecular weight excluding hydrogens is 304 g/mol. The quantitative estimate of drug-likeness (QED) is 0.670. The summed E-state index contributed by atoms with van der Waals surface area (Å²) in [6.45, 7) is 9.84. The SMILES string of the molecule is CC(C)C[C@H](CC(=O)OC(C)(C)C)C(=O)OCCc1ccccc1. The number of rotatable bonds is 8. The number of hydrogen-bond donors (Lipinski definition) is 0. The second-order valence-electron chi connectivity index (χ2n) is 7.52. The van der Waals surface area contributed by atoms with E-state index >= 15 is 0 Å². The molecule has 0 N–H and O–H groups in total. The zero-order valence-corrected chi connectivity index (χ0v) is 15.5. The largest absolute Gasteiger partial charge is 0.465 e. The van der Waals surface area contributed by atoms with Crippen LogP contribution in [0.2, 0.25) is 0 Å². The van der Waals surface area contributed by atoms with Crippen molar-refractivity contribution in [3.8, 4) is 0 Å². The van der Waals surface area contributed by atoms with Crippen LogP contribution in [-0.4, -0.2) is 24.1 Å². The summed E-state index contributed by atoms with van der Waals surface area (Å²) in [5.41, 5.74) is 0.578. The lowest BCUT2D eigenvalue weighted by Gasteiger charge is -2.22. The molecule has 4 heteroatoms. The van der Waals surface area contributed by atoms with Gasteiger partial charge in [0.2, 0.25) is 0 Å². The number of hydrogen-bond acceptors (Lipinski definition) is 4. The molecule has 0 bridgehead atoms. The fourth-order valence-corrected chi connectivity index (χ4v) is 2.45. The topological polar surface area (TPSA) is 52.6 Å². The third-order valence-corrected chi connectivity index (χ3v) is 3.40. The first-order valence-corrected chi connectivity index (χ1v) is 8.60. The zero-order chi connectivity index (χ0) is 18.2. The molecule has 0 radical (unpaired) electrons. The van der Waals surface area contributed by atoms with E-state index in [1.54, 1.807) is 0 Å². The second-order valence-corrected chi connectivity index (χ2v) is 7.52. The van der Waals surface area contributed by atoms with Gasteiger partial charge in [-0.25, -0.2) is 0 Å². The van der Waals surface area contributed by atoms with E-state index in [0.29, 0.717) is 25.4 Å². The van der Waals surface area contributed by atoms with Gasteiger partial charge in [-0.2, -0.15) is 0 Å². The van der Waals surface area contributed by atoms with E-state index in [1.165, 1.54) is 0 Å². The molecule has 0 heterocycles. The average Bonchev–Trinajstić information content (AvgIpc) is 2.45. The molecule has 0 spiro atoms. The van der Waals surface area contributed by atoms with Gasteiger partial charge in [0, 0.05) is 6.42 Å². The van der Waals surface area contributed by atoms with E-state index in [-0.39, 0.29) is 18.4 Å². The Morgan fingerprint density at radius 2 is 1.71 bits per heavy atom. The van der Waals surface area contributed by atoms with Gasteiger partial charge < -0.3 is 9.47 Å². The van der Waals surface area contributed by atoms with E-state index in [9.17, 15) is 9.59 Å². The van der Waals surface area contributed by atoms with Crippen molar-refractivity contribution >= 4 is 11.9 Å². The van der Waals surface area contributed by atoms with Crippen LogP contribution in [0.4, 0.5) is 0 Å². The third-order valence-electron chi connectivity index (χ3n) is 3.40. The fraction of sp³-hybridized carbons (Fsp3) is 0.600. The summed E-state index contributed by atoms with van der Waals surface area (Å²) in [6, 6.07) is 9.87. The molecule has 0 aromatic heterocycles. The summed E-state index contributed by atoms with van der Waals surface area (Å²) in [5.74, 6) is -0.812. The second kappa shape index (κ2) is 9.45. The first kappa shape index (κ1) is 20.2. The van der Waals surface area contributed by atoms with E-state index in [2.05, 4.69) is 0 Å². The Kier molecular flexibility index (Phi) is 7.96. The number of carbonyl (C=O) groups is 2. The highest BCUT2D eigenvalue weighted by atomic mass is 16.6. The van der Waals surface area contributed by atoms with Crippen LogP contribution >= 0.6 is 0 Å². The summed E-state index contributed by atoms with van der Waals surface area (Å²) in [7, 11) is 0. The van der Waals surface area contributed by atoms with Gasteiger partial charge in [0.15, 0.2) is 0 Å². The highest BCUT2D eigenvalue weighted by molar-refractivity contribution is 5.80. The third kappa shape index (κ3) is 8.70. The Balaban J connectivity index is 2.53. The van der Waals surface area contributed by atoms with Gasteiger partial charge >= 0.3 is 11.9 Å². The number of ether oxygens (including phenoxy) is 2. The molecule has 0 aliphatic carbocycles. The van der Waals surface area contributed by atoms with Gasteiger partial charge in [-0.05, 0) is 38.7 Å². The Labute approximate surface area is 145 Å². The molecule has 0 aliphatic heterocycles. The minimum absolute atomic E-state index is 0.0691. The molecule has 134 valence electrons. The van der Waals surface area contributed by atoms with E-state index in [4.69, 9.17) is 9.47 Å². The van der Waals surface area contributed by atoms with E-state index < -0.39 is 11.5 Å². The number of benzene rings is 1. The van der Waals surface area contributed by atoms with Gasteiger partial charge in [-0.15, -0.1) is 0 Å². The maximum Gasteiger partial charge on any atom is 0.309 e. The van der Waals surface area contributed by atoms with Crippen molar-refractivity contribution in [3.05, 3.63) is 35.9 Å². The van der Waals surface area contributed by atoms with Crippen molar-refractivity contribution < 1.29 is 19.1 Å². The van der Waals surface area contributed by atoms with Crippen LogP contribution in [0.15, 0.2) is 30.3 Å². The molecule has 0 fully saturated rings. The molecule has 1 aromatic carbocycles. The van der Waals surface area contributed by atoms with E-state index in [0.717, 1.165) is 5.56 Å². The van der Waals surface area contributed by atoms with Crippen LogP contribution in [0.25, 0.3) is 0 Å². The maximum absolute atomic E-state index is 12.3. The predicted molar refractivity (Wildman–Crippen MR) is 94.5 cm³/mol. The van der Waals surface area contributed by atoms with Crippen LogP contribution < -0.4 is 0 Å². The fourth-order valence-electron chi connectivity index (χ4n) is 2.45. The molecule has 0 aliphatic rings. The number of carbonyl (C=O) groups excluding carboxylic acids is 2. The monoisotopic (exact) mass is 334 g/mol. The number of esters is 2. The van der Waals surface area contributed by atoms with Crippen molar-refractivity contribution in [3.63, 3.8) is 0 Å². The van der Waals surface area contributed by atoms with Gasteiger partial charge in [-0.3, -0.25) is 9.59 Å². The van der Waals surface area contributed by atoms with Crippen LogP contribution in [0.1, 0.15) is 53.0 Å². The molecule has 1 aromatic rings. The highest BCUT2D eigenvalue weighted by Gasteiger charge is 2.27. The predicted octanol–water partition coefficient (Wildman–Crippen LogP) is 4.17. The average molecular weight is 334 g/mol. The van der Waals surface area contributed by atoms with Crippen molar-refractivity contribution in [1.82, 2.24) is 0 Å². The van der Waals surface area contributed by atoms with Crippen molar-refractivity contribution in [2.75, 3.05) is 6.61 Å². The van der Waals surface area contributed by atoms with Gasteiger partial charge in [0.1, 0.15) is 5.60 Å². The summed E-state index contributed by atoms with van der Waals surface area (Å²) in [4.78, 5) is 24.4. The highest BCUT2D eigenvalue weighted by Crippen LogP contribution is 2.20. The summed E-state index contributed by atoms with van der Waals surface area (Å²) in [5, 5.41) is 0. The molecule has 24 heavy (non-hydrogen) atoms. The van der Waals surface area contributed by atoms with Crippen LogP contribution in [0.5, 0.6) is 0 Å². The summed E-state index contributed by atoms with van der Waals surface area (Å²) in [6.07, 6.45) is 1.36. The minimum atomic E-state index is -0.545. The standard InChI is InChI=1S/C20H30O4/c1-15(2)13-17(14-18(21)24-20(3,4)5)19(22)23-12-11-16-9-7-6-8-10-16/h6-10,15,17H,11-14H2,1-5H3/t17-/m1/s1. The molecule has 0 amide bonds. The normalized spacial score (nSPS) is 12.8. The molecule has 4 nitrogen and oxygen atoms in total. The first-order valence-electron chi connectivity index (χ1n) is 8.60. The Hall–Kier alpha value is -1.84.